The minimum atomic E-state index is -1.10. The average molecular weight is 290 g/mol. The van der Waals surface area contributed by atoms with Gasteiger partial charge in [0.2, 0.25) is 5.91 Å². The van der Waals surface area contributed by atoms with Gasteiger partial charge in [0.1, 0.15) is 0 Å². The lowest BCUT2D eigenvalue weighted by Gasteiger charge is -2.11. The van der Waals surface area contributed by atoms with Crippen LogP contribution in [0.5, 0.6) is 0 Å². The Labute approximate surface area is 122 Å². The number of amides is 1. The van der Waals surface area contributed by atoms with Crippen molar-refractivity contribution in [1.82, 2.24) is 10.3 Å². The SMILES string of the molecule is COC(CNC(=O)Cc1c[nH]c2c(C)cccc12)C(=O)O. The molecule has 3 N–H and O–H groups in total. The number of nitrogens with one attached hydrogen (secondary N) is 2. The molecule has 1 amide bonds. The molecular weight excluding hydrogens is 272 g/mol. The van der Waals surface area contributed by atoms with Crippen LogP contribution in [0, 0.1) is 6.92 Å². The zero-order chi connectivity index (χ0) is 15.4. The molecule has 0 spiro atoms. The molecule has 1 aromatic heterocycles. The second kappa shape index (κ2) is 6.41. The number of ether oxygens (including phenoxy) is 1. The van der Waals surface area contributed by atoms with Gasteiger partial charge in [0.15, 0.2) is 6.10 Å². The van der Waals surface area contributed by atoms with E-state index in [-0.39, 0.29) is 18.9 Å². The first-order chi connectivity index (χ1) is 10.0. The quantitative estimate of drug-likeness (QED) is 0.746. The van der Waals surface area contributed by atoms with Crippen LogP contribution in [0.3, 0.4) is 0 Å². The van der Waals surface area contributed by atoms with Gasteiger partial charge in [-0.25, -0.2) is 4.79 Å². The molecule has 112 valence electrons. The topological polar surface area (TPSA) is 91.4 Å². The maximum atomic E-state index is 11.9. The number of carboxylic acid groups (broad SMARTS) is 1. The van der Waals surface area contributed by atoms with E-state index in [1.807, 2.05) is 31.3 Å². The fourth-order valence-electron chi connectivity index (χ4n) is 2.22. The highest BCUT2D eigenvalue weighted by molar-refractivity contribution is 5.90. The second-order valence-corrected chi connectivity index (χ2v) is 4.85. The van der Waals surface area contributed by atoms with Crippen LogP contribution < -0.4 is 5.32 Å². The number of methoxy groups -OCH3 is 1. The lowest BCUT2D eigenvalue weighted by molar-refractivity contribution is -0.148. The van der Waals surface area contributed by atoms with Crippen molar-refractivity contribution in [2.75, 3.05) is 13.7 Å². The standard InChI is InChI=1S/C15H18N2O4/c1-9-4-3-5-11-10(7-17-14(9)11)6-13(18)16-8-12(21-2)15(19)20/h3-5,7,12,17H,6,8H2,1-2H3,(H,16,18)(H,19,20). The lowest BCUT2D eigenvalue weighted by atomic mass is 10.1. The van der Waals surface area contributed by atoms with Crippen molar-refractivity contribution in [3.05, 3.63) is 35.5 Å². The van der Waals surface area contributed by atoms with Crippen molar-refractivity contribution in [3.8, 4) is 0 Å². The predicted molar refractivity (Wildman–Crippen MR) is 78.2 cm³/mol. The van der Waals surface area contributed by atoms with E-state index in [1.165, 1.54) is 7.11 Å². The number of aryl methyl sites for hydroxylation is 1. The fraction of sp³-hybridized carbons (Fsp3) is 0.333. The number of benzene rings is 1. The number of carbonyl (C=O) groups excluding carboxylic acids is 1. The van der Waals surface area contributed by atoms with E-state index in [0.29, 0.717) is 0 Å². The third kappa shape index (κ3) is 3.41. The summed E-state index contributed by atoms with van der Waals surface area (Å²) in [6.45, 7) is 1.95. The summed E-state index contributed by atoms with van der Waals surface area (Å²) >= 11 is 0. The number of carbonyl (C=O) groups is 2. The lowest BCUT2D eigenvalue weighted by Crippen LogP contribution is -2.38. The molecule has 21 heavy (non-hydrogen) atoms. The predicted octanol–water partition coefficient (Wildman–Crippen LogP) is 1.23. The van der Waals surface area contributed by atoms with Gasteiger partial charge in [-0.1, -0.05) is 18.2 Å². The third-order valence-electron chi connectivity index (χ3n) is 3.41. The van der Waals surface area contributed by atoms with Crippen LogP contribution in [-0.4, -0.2) is 41.7 Å². The van der Waals surface area contributed by atoms with Gasteiger partial charge < -0.3 is 20.1 Å². The summed E-state index contributed by atoms with van der Waals surface area (Å²) < 4.78 is 4.76. The van der Waals surface area contributed by atoms with Crippen LogP contribution in [0.4, 0.5) is 0 Å². The van der Waals surface area contributed by atoms with E-state index in [0.717, 1.165) is 22.0 Å². The maximum absolute atomic E-state index is 11.9. The molecule has 0 aliphatic carbocycles. The summed E-state index contributed by atoms with van der Waals surface area (Å²) in [7, 11) is 1.30. The number of aliphatic carboxylic acids is 1. The van der Waals surface area contributed by atoms with Gasteiger partial charge in [-0.3, -0.25) is 4.79 Å². The molecule has 1 atom stereocenters. The molecular formula is C15H18N2O4. The van der Waals surface area contributed by atoms with Gasteiger partial charge in [0, 0.05) is 24.2 Å². The Hall–Kier alpha value is -2.34. The van der Waals surface area contributed by atoms with Crippen LogP contribution >= 0.6 is 0 Å². The summed E-state index contributed by atoms with van der Waals surface area (Å²) in [6, 6.07) is 5.90. The highest BCUT2D eigenvalue weighted by Crippen LogP contribution is 2.21. The Morgan fingerprint density at radius 2 is 2.19 bits per heavy atom. The van der Waals surface area contributed by atoms with Crippen molar-refractivity contribution in [3.63, 3.8) is 0 Å². The molecule has 0 bridgehead atoms. The molecule has 2 rings (SSSR count). The van der Waals surface area contributed by atoms with Gasteiger partial charge in [-0.05, 0) is 18.1 Å². The summed E-state index contributed by atoms with van der Waals surface area (Å²) in [5.41, 5.74) is 3.01. The van der Waals surface area contributed by atoms with Crippen LogP contribution in [0.1, 0.15) is 11.1 Å². The number of carboxylic acids is 1. The molecule has 1 aromatic carbocycles. The summed E-state index contributed by atoms with van der Waals surface area (Å²) in [6.07, 6.45) is 0.973. The number of aromatic amines is 1. The van der Waals surface area contributed by atoms with E-state index in [4.69, 9.17) is 9.84 Å². The molecule has 0 radical (unpaired) electrons. The maximum Gasteiger partial charge on any atom is 0.334 e. The van der Waals surface area contributed by atoms with Gasteiger partial charge in [-0.15, -0.1) is 0 Å². The summed E-state index contributed by atoms with van der Waals surface area (Å²) in [5, 5.41) is 12.4. The Balaban J connectivity index is 2.02. The van der Waals surface area contributed by atoms with Crippen molar-refractivity contribution in [1.29, 1.82) is 0 Å². The molecule has 2 aromatic rings. The molecule has 6 heteroatoms. The van der Waals surface area contributed by atoms with Crippen molar-refractivity contribution in [2.45, 2.75) is 19.4 Å². The molecule has 0 aliphatic rings. The Morgan fingerprint density at radius 3 is 2.86 bits per heavy atom. The van der Waals surface area contributed by atoms with E-state index in [1.54, 1.807) is 0 Å². The molecule has 0 saturated carbocycles. The first-order valence-corrected chi connectivity index (χ1v) is 6.60. The molecule has 1 unspecified atom stereocenters. The van der Waals surface area contributed by atoms with Crippen LogP contribution in [0.25, 0.3) is 10.9 Å². The third-order valence-corrected chi connectivity index (χ3v) is 3.41. The van der Waals surface area contributed by atoms with E-state index in [2.05, 4.69) is 10.3 Å². The number of hydrogen-bond donors (Lipinski definition) is 3. The Bertz CT molecular complexity index is 663. The summed E-state index contributed by atoms with van der Waals surface area (Å²) in [5.74, 6) is -1.33. The first-order valence-electron chi connectivity index (χ1n) is 6.60. The molecule has 0 aliphatic heterocycles. The number of para-hydroxylation sites is 1. The minimum Gasteiger partial charge on any atom is -0.479 e. The largest absolute Gasteiger partial charge is 0.479 e. The van der Waals surface area contributed by atoms with Crippen molar-refractivity contribution >= 4 is 22.8 Å². The van der Waals surface area contributed by atoms with E-state index in [9.17, 15) is 9.59 Å². The van der Waals surface area contributed by atoms with Crippen LogP contribution in [-0.2, 0) is 20.7 Å². The number of hydrogen-bond acceptors (Lipinski definition) is 3. The zero-order valence-corrected chi connectivity index (χ0v) is 12.0. The van der Waals surface area contributed by atoms with Gasteiger partial charge in [0.25, 0.3) is 0 Å². The van der Waals surface area contributed by atoms with Gasteiger partial charge in [-0.2, -0.15) is 0 Å². The van der Waals surface area contributed by atoms with E-state index >= 15 is 0 Å². The fourth-order valence-corrected chi connectivity index (χ4v) is 2.22. The van der Waals surface area contributed by atoms with Crippen LogP contribution in [0.2, 0.25) is 0 Å². The molecule has 0 fully saturated rings. The molecule has 6 nitrogen and oxygen atoms in total. The van der Waals surface area contributed by atoms with Crippen molar-refractivity contribution in [2.24, 2.45) is 0 Å². The normalized spacial score (nSPS) is 12.3. The van der Waals surface area contributed by atoms with Gasteiger partial charge >= 0.3 is 5.97 Å². The number of H-pyrrole nitrogens is 1. The average Bonchev–Trinajstić information content (AvgIpc) is 2.84. The molecule has 1 heterocycles. The molecule has 0 saturated heterocycles. The Morgan fingerprint density at radius 1 is 1.43 bits per heavy atom. The minimum absolute atomic E-state index is 0.0496. The Kier molecular flexibility index (Phi) is 4.59. The number of aromatic nitrogens is 1. The summed E-state index contributed by atoms with van der Waals surface area (Å²) in [4.78, 5) is 25.9. The monoisotopic (exact) mass is 290 g/mol. The smallest absolute Gasteiger partial charge is 0.334 e. The van der Waals surface area contributed by atoms with Crippen molar-refractivity contribution < 1.29 is 19.4 Å². The highest BCUT2D eigenvalue weighted by atomic mass is 16.5. The second-order valence-electron chi connectivity index (χ2n) is 4.85. The zero-order valence-electron chi connectivity index (χ0n) is 12.0. The highest BCUT2D eigenvalue weighted by Gasteiger charge is 2.17. The van der Waals surface area contributed by atoms with E-state index < -0.39 is 12.1 Å². The number of rotatable bonds is 6. The first kappa shape index (κ1) is 15.1. The number of fused-ring (bicyclic) bond motifs is 1. The van der Waals surface area contributed by atoms with Gasteiger partial charge in [0.05, 0.1) is 13.0 Å². The van der Waals surface area contributed by atoms with Crippen LogP contribution in [0.15, 0.2) is 24.4 Å².